The molecule has 0 spiro atoms. The predicted molar refractivity (Wildman–Crippen MR) is 443 cm³/mol. The van der Waals surface area contributed by atoms with E-state index in [4.69, 9.17) is 28.6 Å². The van der Waals surface area contributed by atoms with E-state index in [1.54, 1.807) is 17.4 Å². The molecule has 0 radical (unpaired) electrons. The van der Waals surface area contributed by atoms with Crippen LogP contribution in [0.4, 0.5) is 0 Å². The molecule has 0 unspecified atom stereocenters. The molecule has 5 heteroatoms. The van der Waals surface area contributed by atoms with Crippen molar-refractivity contribution >= 4 is 162 Å². The maximum absolute atomic E-state index is 9.61. The van der Waals surface area contributed by atoms with Crippen molar-refractivity contribution in [1.29, 1.82) is 0 Å². The Hall–Kier alpha value is -13.6. The maximum atomic E-state index is 9.61. The standard InChI is InChI=1S/C50H28O2S.C50H30O2/c1-3-15-36-34(13-1)47(30-22-26-46-41(28-30)33-12-7-10-20-45(33)53-46)35-14-2-4-16-37(35)48(36)39-24-23-31(50-49(39)38-17-6-9-19-43(38)52-50)29-21-25-44-40(27-29)32-11-5-8-18-42(32)51-44;1-2-12-31(13-3-1)32-22-24-33(25-23-32)35-28-29-43(49-42-19-9-11-21-45(42)52-50(35)49)48-40-17-6-4-15-38(40)47(39-16-5-7-18-41(39)48)34-26-27-37-36-14-8-10-20-44(36)51-46(37)30-34/h1-28H;1-30H/i1D,2D,3D,4D,13D,14D,15D,16D;4D,5D,6D,7D,15D,16D,17D,18D. The molecule has 4 nitrogen and oxygen atoms in total. The highest BCUT2D eigenvalue weighted by atomic mass is 32.1. The van der Waals surface area contributed by atoms with Crippen molar-refractivity contribution in [2.24, 2.45) is 0 Å². The minimum absolute atomic E-state index is 0.129. The van der Waals surface area contributed by atoms with E-state index in [1.807, 2.05) is 212 Å². The van der Waals surface area contributed by atoms with Crippen LogP contribution in [0.25, 0.3) is 229 Å². The summed E-state index contributed by atoms with van der Waals surface area (Å²) < 4.78 is 176. The van der Waals surface area contributed by atoms with Gasteiger partial charge in [-0.3, -0.25) is 0 Å². The van der Waals surface area contributed by atoms with E-state index in [0.29, 0.717) is 72.1 Å². The van der Waals surface area contributed by atoms with Gasteiger partial charge in [0, 0.05) is 74.4 Å². The van der Waals surface area contributed by atoms with Crippen LogP contribution in [0.1, 0.15) is 21.9 Å². The summed E-state index contributed by atoms with van der Waals surface area (Å²) in [5.74, 6) is 0. The van der Waals surface area contributed by atoms with E-state index in [-0.39, 0.29) is 108 Å². The second-order valence-corrected chi connectivity index (χ2v) is 27.4. The molecule has 0 saturated carbocycles. The number of rotatable bonds is 7. The molecule has 23 aromatic rings. The van der Waals surface area contributed by atoms with Gasteiger partial charge in [-0.2, -0.15) is 0 Å². The number of fused-ring (bicyclic) bond motifs is 19. The highest BCUT2D eigenvalue weighted by Gasteiger charge is 2.26. The van der Waals surface area contributed by atoms with Gasteiger partial charge in [-0.25, -0.2) is 0 Å². The van der Waals surface area contributed by atoms with Gasteiger partial charge in [-0.05, 0) is 189 Å². The zero-order valence-electron chi connectivity index (χ0n) is 71.3. The molecule has 23 rings (SSSR count). The highest BCUT2D eigenvalue weighted by Crippen LogP contribution is 2.53. The Labute approximate surface area is 628 Å². The quantitative estimate of drug-likeness (QED) is 0.149. The predicted octanol–water partition coefficient (Wildman–Crippen LogP) is 29.6. The summed E-state index contributed by atoms with van der Waals surface area (Å²) in [4.78, 5) is 0. The van der Waals surface area contributed by atoms with Crippen molar-refractivity contribution in [3.8, 4) is 77.9 Å². The second kappa shape index (κ2) is 23.5. The number of para-hydroxylation sites is 4. The fraction of sp³-hybridized carbons (Fsp3) is 0. The lowest BCUT2D eigenvalue weighted by Gasteiger charge is -2.19. The van der Waals surface area contributed by atoms with Crippen LogP contribution in [0.3, 0.4) is 0 Å². The van der Waals surface area contributed by atoms with Crippen LogP contribution in [-0.2, 0) is 0 Å². The lowest BCUT2D eigenvalue weighted by Crippen LogP contribution is -1.92. The monoisotopic (exact) mass is 1370 g/mol. The summed E-state index contributed by atoms with van der Waals surface area (Å²) in [6, 6.07) is 75.7. The van der Waals surface area contributed by atoms with Gasteiger partial charge in [0.2, 0.25) is 0 Å². The molecule has 105 heavy (non-hydrogen) atoms. The summed E-state index contributed by atoms with van der Waals surface area (Å²) in [6.45, 7) is 0. The Bertz CT molecular complexity index is 8390. The Morgan fingerprint density at radius 1 is 0.200 bits per heavy atom. The largest absolute Gasteiger partial charge is 0.456 e. The summed E-state index contributed by atoms with van der Waals surface area (Å²) >= 11 is 1.64. The van der Waals surface area contributed by atoms with Crippen LogP contribution in [0, 0.1) is 0 Å². The highest BCUT2D eigenvalue weighted by molar-refractivity contribution is 7.25. The number of hydrogen-bond acceptors (Lipinski definition) is 5. The molecule has 0 aliphatic carbocycles. The first kappa shape index (κ1) is 45.3. The molecule has 0 aliphatic rings. The minimum Gasteiger partial charge on any atom is -0.456 e. The number of thiophene rings is 1. The van der Waals surface area contributed by atoms with Gasteiger partial charge in [0.25, 0.3) is 0 Å². The molecule has 0 bridgehead atoms. The number of furan rings is 4. The molecule has 0 N–H and O–H groups in total. The summed E-state index contributed by atoms with van der Waals surface area (Å²) in [7, 11) is 0. The van der Waals surface area contributed by atoms with Gasteiger partial charge in [0.1, 0.15) is 44.7 Å². The Morgan fingerprint density at radius 3 is 1.10 bits per heavy atom. The summed E-state index contributed by atoms with van der Waals surface area (Å²) in [6.07, 6.45) is 0. The fourth-order valence-electron chi connectivity index (χ4n) is 16.0. The average molecular weight is 1370 g/mol. The molecular weight excluding hydrogens is 1300 g/mol. The van der Waals surface area contributed by atoms with Crippen molar-refractivity contribution in [3.05, 3.63) is 351 Å². The van der Waals surface area contributed by atoms with Crippen molar-refractivity contribution in [2.45, 2.75) is 0 Å². The minimum atomic E-state index is -0.462. The lowest BCUT2D eigenvalue weighted by atomic mass is 9.84. The van der Waals surface area contributed by atoms with Gasteiger partial charge in [0.05, 0.1) is 21.9 Å². The summed E-state index contributed by atoms with van der Waals surface area (Å²) in [5.41, 5.74) is 13.6. The second-order valence-electron chi connectivity index (χ2n) is 26.3. The van der Waals surface area contributed by atoms with E-state index in [2.05, 4.69) is 36.4 Å². The van der Waals surface area contributed by atoms with Crippen LogP contribution in [0.15, 0.2) is 369 Å². The van der Waals surface area contributed by atoms with Crippen LogP contribution < -0.4 is 0 Å². The molecule has 18 aromatic carbocycles. The molecule has 488 valence electrons. The molecule has 0 fully saturated rings. The van der Waals surface area contributed by atoms with Crippen LogP contribution in [-0.4, -0.2) is 0 Å². The molecule has 5 aromatic heterocycles. The first-order chi connectivity index (χ1) is 58.7. The lowest BCUT2D eigenvalue weighted by molar-refractivity contribution is 0.668. The molecule has 5 heterocycles. The van der Waals surface area contributed by atoms with Gasteiger partial charge < -0.3 is 17.7 Å². The molecule has 0 aliphatic heterocycles. The average Bonchev–Trinajstić information content (AvgIpc) is 1.63. The molecule has 0 amide bonds. The number of hydrogen-bond donors (Lipinski definition) is 0. The Balaban J connectivity index is 0.000000145. The summed E-state index contributed by atoms with van der Waals surface area (Å²) in [5, 5.41) is 9.55. The number of benzene rings is 18. The van der Waals surface area contributed by atoms with Crippen molar-refractivity contribution < 1.29 is 39.6 Å². The zero-order valence-corrected chi connectivity index (χ0v) is 56.1. The molecule has 0 atom stereocenters. The van der Waals surface area contributed by atoms with Gasteiger partial charge >= 0.3 is 0 Å². The SMILES string of the molecule is [2H]c1c([2H])c([2H])c2c(-c3ccc(-c4ccc(-c5ccccc5)cc4)c4oc5ccccc5c34)c3c([2H])c([2H])c([2H])c([2H])c3c(-c3ccc4c(c3)oc3ccccc34)c2c1[2H].[2H]c1c([2H])c([2H])c2c(-c3ccc(-c4ccc5oc6ccccc6c5c4)c4oc5ccccc5c34)c3c([2H])c([2H])c([2H])c([2H])c3c(-c3ccc4sc5ccccc5c4c3)c2c1[2H]. The van der Waals surface area contributed by atoms with Crippen molar-refractivity contribution in [2.75, 3.05) is 0 Å². The van der Waals surface area contributed by atoms with E-state index in [9.17, 15) is 11.0 Å². The molecule has 0 saturated heterocycles. The van der Waals surface area contributed by atoms with Gasteiger partial charge in [-0.1, -0.05) is 273 Å². The van der Waals surface area contributed by atoms with E-state index >= 15 is 0 Å². The smallest absolute Gasteiger partial charge is 0.143 e. The third-order valence-corrected chi connectivity index (χ3v) is 21.8. The van der Waals surface area contributed by atoms with Gasteiger partial charge in [0.15, 0.2) is 0 Å². The third-order valence-electron chi connectivity index (χ3n) is 20.7. The maximum Gasteiger partial charge on any atom is 0.143 e. The van der Waals surface area contributed by atoms with E-state index in [1.165, 1.54) is 0 Å². The fourth-order valence-corrected chi connectivity index (χ4v) is 17.1. The van der Waals surface area contributed by atoms with Gasteiger partial charge in [-0.15, -0.1) is 11.3 Å². The van der Waals surface area contributed by atoms with Crippen LogP contribution in [0.5, 0.6) is 0 Å². The van der Waals surface area contributed by atoms with Crippen molar-refractivity contribution in [3.63, 3.8) is 0 Å². The third kappa shape index (κ3) is 9.25. The van der Waals surface area contributed by atoms with Crippen molar-refractivity contribution in [1.82, 2.24) is 0 Å². The normalized spacial score (nSPS) is 14.1. The van der Waals surface area contributed by atoms with E-state index in [0.717, 1.165) is 97.0 Å². The Morgan fingerprint density at radius 2 is 0.552 bits per heavy atom. The first-order valence-corrected chi connectivity index (χ1v) is 35.3. The van der Waals surface area contributed by atoms with Crippen LogP contribution >= 0.6 is 11.3 Å². The molecular formula is C100H58O4S. The van der Waals surface area contributed by atoms with E-state index < -0.39 is 48.3 Å². The Kier molecular flexibility index (Phi) is 10.1. The zero-order chi connectivity index (χ0) is 82.7. The van der Waals surface area contributed by atoms with Crippen LogP contribution in [0.2, 0.25) is 0 Å². The topological polar surface area (TPSA) is 52.6 Å². The first-order valence-electron chi connectivity index (χ1n) is 42.4.